The highest BCUT2D eigenvalue weighted by Gasteiger charge is 2.02. The highest BCUT2D eigenvalue weighted by Crippen LogP contribution is 2.05. The summed E-state index contributed by atoms with van der Waals surface area (Å²) in [6.07, 6.45) is 13.9. The smallest absolute Gasteiger partial charge is 0.409 e. The predicted molar refractivity (Wildman–Crippen MR) is 76.8 cm³/mol. The number of allylic oxidation sites excluding steroid dienone is 2. The lowest BCUT2D eigenvalue weighted by atomic mass is 10.1. The molecule has 0 heterocycles. The van der Waals surface area contributed by atoms with Gasteiger partial charge in [0.2, 0.25) is 0 Å². The number of hydrogen-bond acceptors (Lipinski definition) is 2. The van der Waals surface area contributed by atoms with E-state index in [-0.39, 0.29) is 6.09 Å². The maximum Gasteiger partial charge on any atom is 0.409 e. The van der Waals surface area contributed by atoms with Crippen LogP contribution in [-0.2, 0) is 4.74 Å². The molecule has 0 fully saturated rings. The molecule has 106 valence electrons. The van der Waals surface area contributed by atoms with Crippen LogP contribution in [0.15, 0.2) is 12.2 Å². The fraction of sp³-hybridized carbons (Fsp3) is 0.800. The third-order valence-electron chi connectivity index (χ3n) is 2.75. The molecule has 3 heteroatoms. The Morgan fingerprint density at radius 3 is 2.22 bits per heavy atom. The molecule has 0 saturated heterocycles. The zero-order chi connectivity index (χ0) is 13.6. The van der Waals surface area contributed by atoms with Crippen LogP contribution < -0.4 is 0 Å². The summed E-state index contributed by atoms with van der Waals surface area (Å²) in [6.45, 7) is 2.76. The number of carbonyl (C=O) groups is 1. The van der Waals surface area contributed by atoms with Crippen LogP contribution in [0.25, 0.3) is 0 Å². The van der Waals surface area contributed by atoms with E-state index in [1.807, 2.05) is 0 Å². The SMILES string of the molecule is CCCC/C=C\CCCCCCOC(=O)N(C)C. The molecule has 0 aromatic rings. The Morgan fingerprint density at radius 1 is 1.00 bits per heavy atom. The molecule has 0 aromatic carbocycles. The fourth-order valence-corrected chi connectivity index (χ4v) is 1.56. The molecule has 0 atom stereocenters. The van der Waals surface area contributed by atoms with E-state index in [9.17, 15) is 4.79 Å². The maximum absolute atomic E-state index is 11.1. The summed E-state index contributed by atoms with van der Waals surface area (Å²) < 4.78 is 5.05. The Labute approximate surface area is 112 Å². The zero-order valence-electron chi connectivity index (χ0n) is 12.3. The van der Waals surface area contributed by atoms with Crippen LogP contribution in [-0.4, -0.2) is 31.7 Å². The van der Waals surface area contributed by atoms with Crippen molar-refractivity contribution in [1.82, 2.24) is 4.90 Å². The van der Waals surface area contributed by atoms with Crippen LogP contribution in [0, 0.1) is 0 Å². The van der Waals surface area contributed by atoms with Gasteiger partial charge in [0.25, 0.3) is 0 Å². The Morgan fingerprint density at radius 2 is 1.61 bits per heavy atom. The first-order valence-electron chi connectivity index (χ1n) is 7.17. The molecule has 3 nitrogen and oxygen atoms in total. The molecule has 0 aliphatic heterocycles. The molecule has 0 radical (unpaired) electrons. The number of nitrogens with zero attached hydrogens (tertiary/aromatic N) is 1. The standard InChI is InChI=1S/C15H29NO2/c1-4-5-6-7-8-9-10-11-12-13-14-18-15(17)16(2)3/h7-8H,4-6,9-14H2,1-3H3/b8-7-. The molecule has 0 saturated carbocycles. The van der Waals surface area contributed by atoms with Crippen molar-refractivity contribution in [2.45, 2.75) is 58.3 Å². The molecule has 0 aromatic heterocycles. The third kappa shape index (κ3) is 11.5. The minimum Gasteiger partial charge on any atom is -0.449 e. The van der Waals surface area contributed by atoms with Crippen molar-refractivity contribution in [1.29, 1.82) is 0 Å². The monoisotopic (exact) mass is 255 g/mol. The van der Waals surface area contributed by atoms with Gasteiger partial charge in [-0.2, -0.15) is 0 Å². The lowest BCUT2D eigenvalue weighted by molar-refractivity contribution is 0.116. The van der Waals surface area contributed by atoms with Crippen LogP contribution in [0.4, 0.5) is 4.79 Å². The first-order chi connectivity index (χ1) is 8.68. The molecule has 0 aliphatic rings. The fourth-order valence-electron chi connectivity index (χ4n) is 1.56. The average Bonchev–Trinajstić information content (AvgIpc) is 2.35. The lowest BCUT2D eigenvalue weighted by Crippen LogP contribution is -2.23. The van der Waals surface area contributed by atoms with Crippen molar-refractivity contribution in [2.75, 3.05) is 20.7 Å². The Kier molecular flexibility index (Phi) is 11.8. The highest BCUT2D eigenvalue weighted by atomic mass is 16.6. The Bertz CT molecular complexity index is 225. The molecule has 0 N–H and O–H groups in total. The largest absolute Gasteiger partial charge is 0.449 e. The summed E-state index contributed by atoms with van der Waals surface area (Å²) in [5, 5.41) is 0. The number of carbonyl (C=O) groups excluding carboxylic acids is 1. The van der Waals surface area contributed by atoms with Crippen LogP contribution in [0.3, 0.4) is 0 Å². The topological polar surface area (TPSA) is 29.5 Å². The molecule has 1 amide bonds. The van der Waals surface area contributed by atoms with Gasteiger partial charge < -0.3 is 9.64 Å². The predicted octanol–water partition coefficient (Wildman–Crippen LogP) is 4.38. The molecular weight excluding hydrogens is 226 g/mol. The summed E-state index contributed by atoms with van der Waals surface area (Å²) in [4.78, 5) is 12.6. The van der Waals surface area contributed by atoms with E-state index in [1.54, 1.807) is 14.1 Å². The lowest BCUT2D eigenvalue weighted by Gasteiger charge is -2.10. The minimum absolute atomic E-state index is 0.242. The van der Waals surface area contributed by atoms with Crippen LogP contribution in [0.2, 0.25) is 0 Å². The summed E-state index contributed by atoms with van der Waals surface area (Å²) in [5.41, 5.74) is 0. The molecule has 0 aliphatic carbocycles. The van der Waals surface area contributed by atoms with Crippen LogP contribution >= 0.6 is 0 Å². The quantitative estimate of drug-likeness (QED) is 0.428. The van der Waals surface area contributed by atoms with Gasteiger partial charge in [-0.3, -0.25) is 0 Å². The number of ether oxygens (including phenoxy) is 1. The third-order valence-corrected chi connectivity index (χ3v) is 2.75. The highest BCUT2D eigenvalue weighted by molar-refractivity contribution is 5.66. The van der Waals surface area contributed by atoms with Crippen molar-refractivity contribution >= 4 is 6.09 Å². The van der Waals surface area contributed by atoms with Gasteiger partial charge in [0.05, 0.1) is 6.61 Å². The van der Waals surface area contributed by atoms with Gasteiger partial charge in [-0.05, 0) is 25.7 Å². The maximum atomic E-state index is 11.1. The van der Waals surface area contributed by atoms with Crippen molar-refractivity contribution in [3.63, 3.8) is 0 Å². The van der Waals surface area contributed by atoms with Crippen molar-refractivity contribution in [3.8, 4) is 0 Å². The summed E-state index contributed by atoms with van der Waals surface area (Å²) >= 11 is 0. The van der Waals surface area contributed by atoms with E-state index in [0.29, 0.717) is 6.61 Å². The van der Waals surface area contributed by atoms with Crippen LogP contribution in [0.1, 0.15) is 58.3 Å². The molecule has 18 heavy (non-hydrogen) atoms. The van der Waals surface area contributed by atoms with Gasteiger partial charge >= 0.3 is 6.09 Å². The normalized spacial score (nSPS) is 10.8. The zero-order valence-corrected chi connectivity index (χ0v) is 12.3. The molecule has 0 bridgehead atoms. The number of amides is 1. The van der Waals surface area contributed by atoms with Crippen LogP contribution in [0.5, 0.6) is 0 Å². The second-order valence-electron chi connectivity index (χ2n) is 4.83. The molecule has 0 unspecified atom stereocenters. The number of rotatable bonds is 10. The number of unbranched alkanes of at least 4 members (excludes halogenated alkanes) is 6. The second kappa shape index (κ2) is 12.5. The van der Waals surface area contributed by atoms with Crippen molar-refractivity contribution in [3.05, 3.63) is 12.2 Å². The van der Waals surface area contributed by atoms with Gasteiger partial charge in [-0.25, -0.2) is 4.79 Å². The minimum atomic E-state index is -0.242. The summed E-state index contributed by atoms with van der Waals surface area (Å²) in [7, 11) is 3.40. The second-order valence-corrected chi connectivity index (χ2v) is 4.83. The first-order valence-corrected chi connectivity index (χ1v) is 7.17. The van der Waals surface area contributed by atoms with Gasteiger partial charge in [-0.1, -0.05) is 44.8 Å². The summed E-state index contributed by atoms with van der Waals surface area (Å²) in [5.74, 6) is 0. The first kappa shape index (κ1) is 17.0. The van der Waals surface area contributed by atoms with Gasteiger partial charge in [0, 0.05) is 14.1 Å². The Balaban J connectivity index is 3.16. The molecule has 0 spiro atoms. The molecule has 0 rings (SSSR count). The Hall–Kier alpha value is -0.990. The van der Waals surface area contributed by atoms with Gasteiger partial charge in [0.15, 0.2) is 0 Å². The van der Waals surface area contributed by atoms with Gasteiger partial charge in [0.1, 0.15) is 0 Å². The summed E-state index contributed by atoms with van der Waals surface area (Å²) in [6, 6.07) is 0. The van der Waals surface area contributed by atoms with Gasteiger partial charge in [-0.15, -0.1) is 0 Å². The average molecular weight is 255 g/mol. The van der Waals surface area contributed by atoms with E-state index in [1.165, 1.54) is 43.4 Å². The van der Waals surface area contributed by atoms with E-state index in [4.69, 9.17) is 4.74 Å². The molecular formula is C15H29NO2. The van der Waals surface area contributed by atoms with E-state index < -0.39 is 0 Å². The van der Waals surface area contributed by atoms with Crippen molar-refractivity contribution < 1.29 is 9.53 Å². The van der Waals surface area contributed by atoms with Crippen molar-refractivity contribution in [2.24, 2.45) is 0 Å². The number of hydrogen-bond donors (Lipinski definition) is 0. The van der Waals surface area contributed by atoms with E-state index in [0.717, 1.165) is 12.8 Å². The van der Waals surface area contributed by atoms with E-state index in [2.05, 4.69) is 19.1 Å². The van der Waals surface area contributed by atoms with E-state index >= 15 is 0 Å².